The van der Waals surface area contributed by atoms with E-state index in [1.165, 1.54) is 12.1 Å². The lowest BCUT2D eigenvalue weighted by atomic mass is 10.1. The Labute approximate surface area is 158 Å². The van der Waals surface area contributed by atoms with Gasteiger partial charge in [0.1, 0.15) is 28.6 Å². The van der Waals surface area contributed by atoms with Crippen LogP contribution in [0.5, 0.6) is 11.5 Å². The number of halogens is 2. The summed E-state index contributed by atoms with van der Waals surface area (Å²) in [4.78, 5) is 15.5. The molecule has 0 aliphatic heterocycles. The summed E-state index contributed by atoms with van der Waals surface area (Å²) in [7, 11) is 0. The number of phenolic OH excluding ortho intramolecular Hbond substituents is 1. The highest BCUT2D eigenvalue weighted by molar-refractivity contribution is 5.93. The first-order valence-electron chi connectivity index (χ1n) is 8.20. The zero-order valence-corrected chi connectivity index (χ0v) is 14.6. The van der Waals surface area contributed by atoms with Crippen molar-refractivity contribution in [2.24, 2.45) is 5.73 Å². The third-order valence-electron chi connectivity index (χ3n) is 3.84. The number of aromatic nitrogens is 1. The maximum atomic E-state index is 14.2. The summed E-state index contributed by atoms with van der Waals surface area (Å²) in [5.41, 5.74) is 5.21. The lowest BCUT2D eigenvalue weighted by Crippen LogP contribution is -2.16. The van der Waals surface area contributed by atoms with E-state index in [1.807, 2.05) is 0 Å². The summed E-state index contributed by atoms with van der Waals surface area (Å²) in [6.07, 6.45) is 1.99. The van der Waals surface area contributed by atoms with Gasteiger partial charge in [0.15, 0.2) is 18.2 Å². The third-order valence-corrected chi connectivity index (χ3v) is 3.84. The van der Waals surface area contributed by atoms with Gasteiger partial charge < -0.3 is 20.0 Å². The standard InChI is InChI=1S/C20H16F2N2O4/c1-2-4-15-19(11-5-3-6-12(25)9-11)24-16(28-15)10-27-14-8-7-13(21)17(18(14)22)20(23)26/h2-3,5-9,25H,1,4,10H2,(H2,23,26). The minimum atomic E-state index is -1.24. The third kappa shape index (κ3) is 3.85. The molecule has 8 heteroatoms. The van der Waals surface area contributed by atoms with E-state index in [1.54, 1.807) is 18.2 Å². The van der Waals surface area contributed by atoms with E-state index >= 15 is 0 Å². The molecule has 3 N–H and O–H groups in total. The number of amides is 1. The molecule has 1 heterocycles. The lowest BCUT2D eigenvalue weighted by Gasteiger charge is -2.08. The molecule has 2 aromatic carbocycles. The molecule has 0 unspecified atom stereocenters. The highest BCUT2D eigenvalue weighted by atomic mass is 19.1. The fourth-order valence-corrected chi connectivity index (χ4v) is 2.62. The minimum absolute atomic E-state index is 0.0650. The predicted molar refractivity (Wildman–Crippen MR) is 96.7 cm³/mol. The van der Waals surface area contributed by atoms with Gasteiger partial charge in [0.2, 0.25) is 5.89 Å². The monoisotopic (exact) mass is 386 g/mol. The van der Waals surface area contributed by atoms with E-state index in [0.29, 0.717) is 23.4 Å². The number of nitrogens with two attached hydrogens (primary N) is 1. The molecule has 0 spiro atoms. The molecule has 0 radical (unpaired) electrons. The predicted octanol–water partition coefficient (Wildman–Crippen LogP) is 3.73. The Hall–Kier alpha value is -3.68. The number of allylic oxidation sites excluding steroid dienone is 1. The SMILES string of the molecule is C=CCc1oc(COc2ccc(F)c(C(N)=O)c2F)nc1-c1cccc(O)c1. The van der Waals surface area contributed by atoms with Crippen LogP contribution in [0.15, 0.2) is 53.5 Å². The molecule has 144 valence electrons. The topological polar surface area (TPSA) is 98.6 Å². The van der Waals surface area contributed by atoms with Gasteiger partial charge in [-0.2, -0.15) is 0 Å². The molecule has 3 aromatic rings. The Morgan fingerprint density at radius 3 is 2.79 bits per heavy atom. The van der Waals surface area contributed by atoms with Gasteiger partial charge in [-0.1, -0.05) is 18.2 Å². The Balaban J connectivity index is 1.88. The van der Waals surface area contributed by atoms with Crippen molar-refractivity contribution in [3.05, 3.63) is 77.9 Å². The van der Waals surface area contributed by atoms with Crippen LogP contribution in [0.3, 0.4) is 0 Å². The minimum Gasteiger partial charge on any atom is -0.508 e. The number of carbonyl (C=O) groups excluding carboxylic acids is 1. The second-order valence-corrected chi connectivity index (χ2v) is 5.81. The summed E-state index contributed by atoms with van der Waals surface area (Å²) >= 11 is 0. The average molecular weight is 386 g/mol. The van der Waals surface area contributed by atoms with Crippen molar-refractivity contribution < 1.29 is 27.8 Å². The average Bonchev–Trinajstić information content (AvgIpc) is 3.04. The molecule has 0 atom stereocenters. The van der Waals surface area contributed by atoms with Gasteiger partial charge in [0.05, 0.1) is 0 Å². The van der Waals surface area contributed by atoms with Crippen molar-refractivity contribution in [1.82, 2.24) is 4.98 Å². The largest absolute Gasteiger partial charge is 0.508 e. The summed E-state index contributed by atoms with van der Waals surface area (Å²) < 4.78 is 38.7. The van der Waals surface area contributed by atoms with Crippen LogP contribution in [0, 0.1) is 11.6 Å². The number of aromatic hydroxyl groups is 1. The summed E-state index contributed by atoms with van der Waals surface area (Å²) in [5, 5.41) is 9.66. The van der Waals surface area contributed by atoms with Crippen molar-refractivity contribution in [1.29, 1.82) is 0 Å². The summed E-state index contributed by atoms with van der Waals surface area (Å²) in [6.45, 7) is 3.39. The first-order chi connectivity index (χ1) is 13.4. The van der Waals surface area contributed by atoms with Gasteiger partial charge in [-0.15, -0.1) is 6.58 Å². The van der Waals surface area contributed by atoms with Gasteiger partial charge in [-0.25, -0.2) is 13.8 Å². The maximum Gasteiger partial charge on any atom is 0.254 e. The van der Waals surface area contributed by atoms with E-state index in [2.05, 4.69) is 11.6 Å². The number of oxazole rings is 1. The summed E-state index contributed by atoms with van der Waals surface area (Å²) in [6, 6.07) is 8.37. The lowest BCUT2D eigenvalue weighted by molar-refractivity contribution is 0.0991. The van der Waals surface area contributed by atoms with Crippen molar-refractivity contribution in [2.45, 2.75) is 13.0 Å². The number of nitrogens with zero attached hydrogens (tertiary/aromatic N) is 1. The van der Waals surface area contributed by atoms with Crippen molar-refractivity contribution in [2.75, 3.05) is 0 Å². The Morgan fingerprint density at radius 2 is 2.11 bits per heavy atom. The summed E-state index contributed by atoms with van der Waals surface area (Å²) in [5.74, 6) is -3.20. The number of hydrogen-bond donors (Lipinski definition) is 2. The van der Waals surface area contributed by atoms with E-state index < -0.39 is 23.1 Å². The number of hydrogen-bond acceptors (Lipinski definition) is 5. The van der Waals surface area contributed by atoms with Gasteiger partial charge in [-0.05, 0) is 24.3 Å². The van der Waals surface area contributed by atoms with E-state index in [9.17, 15) is 18.7 Å². The van der Waals surface area contributed by atoms with Crippen molar-refractivity contribution in [3.8, 4) is 22.8 Å². The molecule has 28 heavy (non-hydrogen) atoms. The van der Waals surface area contributed by atoms with Crippen LogP contribution in [-0.4, -0.2) is 16.0 Å². The highest BCUT2D eigenvalue weighted by Gasteiger charge is 2.20. The number of primary amides is 1. The normalized spacial score (nSPS) is 10.6. The van der Waals surface area contributed by atoms with Crippen LogP contribution >= 0.6 is 0 Å². The molecular weight excluding hydrogens is 370 g/mol. The van der Waals surface area contributed by atoms with E-state index in [4.69, 9.17) is 14.9 Å². The number of rotatable bonds is 7. The molecule has 0 aliphatic carbocycles. The van der Waals surface area contributed by atoms with Gasteiger partial charge in [0, 0.05) is 12.0 Å². The Bertz CT molecular complexity index is 1050. The Kier molecular flexibility index (Phi) is 5.39. The van der Waals surface area contributed by atoms with Crippen LogP contribution in [-0.2, 0) is 13.0 Å². The fraction of sp³-hybridized carbons (Fsp3) is 0.100. The molecule has 0 fully saturated rings. The molecule has 0 saturated heterocycles. The van der Waals surface area contributed by atoms with Crippen molar-refractivity contribution >= 4 is 5.91 Å². The number of benzene rings is 2. The first-order valence-corrected chi connectivity index (χ1v) is 8.20. The smallest absolute Gasteiger partial charge is 0.254 e. The van der Waals surface area contributed by atoms with Crippen LogP contribution in [0.4, 0.5) is 8.78 Å². The quantitative estimate of drug-likeness (QED) is 0.603. The number of phenols is 1. The Morgan fingerprint density at radius 1 is 1.32 bits per heavy atom. The number of carbonyl (C=O) groups is 1. The highest BCUT2D eigenvalue weighted by Crippen LogP contribution is 2.29. The molecule has 0 saturated carbocycles. The molecule has 1 aromatic heterocycles. The second kappa shape index (κ2) is 7.91. The molecule has 1 amide bonds. The van der Waals surface area contributed by atoms with Crippen LogP contribution in [0.25, 0.3) is 11.3 Å². The maximum absolute atomic E-state index is 14.2. The molecular formula is C20H16F2N2O4. The molecule has 0 aliphatic rings. The molecule has 3 rings (SSSR count). The van der Waals surface area contributed by atoms with E-state index in [-0.39, 0.29) is 24.0 Å². The van der Waals surface area contributed by atoms with Gasteiger partial charge >= 0.3 is 0 Å². The van der Waals surface area contributed by atoms with Crippen LogP contribution in [0.2, 0.25) is 0 Å². The zero-order valence-electron chi connectivity index (χ0n) is 14.6. The van der Waals surface area contributed by atoms with E-state index in [0.717, 1.165) is 12.1 Å². The van der Waals surface area contributed by atoms with Crippen LogP contribution < -0.4 is 10.5 Å². The van der Waals surface area contributed by atoms with Gasteiger partial charge in [0.25, 0.3) is 5.91 Å². The van der Waals surface area contributed by atoms with Gasteiger partial charge in [-0.3, -0.25) is 4.79 Å². The second-order valence-electron chi connectivity index (χ2n) is 5.81. The molecule has 6 nitrogen and oxygen atoms in total. The molecule has 0 bridgehead atoms. The van der Waals surface area contributed by atoms with Crippen molar-refractivity contribution in [3.63, 3.8) is 0 Å². The zero-order chi connectivity index (χ0) is 20.3. The fourth-order valence-electron chi connectivity index (χ4n) is 2.62. The number of ether oxygens (including phenoxy) is 1. The van der Waals surface area contributed by atoms with Crippen LogP contribution in [0.1, 0.15) is 22.0 Å². The first kappa shape index (κ1) is 19.1.